The molecule has 5 heteroatoms. The van der Waals surface area contributed by atoms with Crippen LogP contribution < -0.4 is 5.73 Å². The second-order valence-corrected chi connectivity index (χ2v) is 3.71. The van der Waals surface area contributed by atoms with Crippen molar-refractivity contribution in [3.63, 3.8) is 0 Å². The topological polar surface area (TPSA) is 43.1 Å². The highest BCUT2D eigenvalue weighted by atomic mass is 79.9. The van der Waals surface area contributed by atoms with Crippen molar-refractivity contribution in [2.24, 2.45) is 5.73 Å². The molecular weight excluding hydrogens is 268 g/mol. The molecule has 15 heavy (non-hydrogen) atoms. The van der Waals surface area contributed by atoms with Crippen molar-refractivity contribution in [2.75, 3.05) is 0 Å². The lowest BCUT2D eigenvalue weighted by atomic mass is 10.2. The molecule has 1 aromatic carbocycles. The van der Waals surface area contributed by atoms with Gasteiger partial charge >= 0.3 is 0 Å². The highest BCUT2D eigenvalue weighted by Crippen LogP contribution is 2.22. The molecule has 1 rings (SSSR count). The van der Waals surface area contributed by atoms with Crippen LogP contribution in [0.1, 0.15) is 12.0 Å². The molecule has 0 fully saturated rings. The minimum absolute atomic E-state index is 0.0171. The number of rotatable bonds is 3. The van der Waals surface area contributed by atoms with Crippen LogP contribution in [0.5, 0.6) is 0 Å². The Bertz CT molecular complexity index is 395. The van der Waals surface area contributed by atoms with Gasteiger partial charge in [-0.3, -0.25) is 4.79 Å². The standard InChI is InChI=1S/C10H8BrF2NO/c11-8-4-6(12)5-9(13)7(8)2-1-3-10(14)15/h1-2,4-5H,3H2,(H2,14,15). The summed E-state index contributed by atoms with van der Waals surface area (Å²) in [4.78, 5) is 10.4. The fourth-order valence-electron chi connectivity index (χ4n) is 1.01. The zero-order chi connectivity index (χ0) is 11.4. The van der Waals surface area contributed by atoms with Gasteiger partial charge in [0, 0.05) is 22.5 Å². The molecule has 0 atom stereocenters. The van der Waals surface area contributed by atoms with Crippen LogP contribution in [0.25, 0.3) is 6.08 Å². The molecule has 0 spiro atoms. The Morgan fingerprint density at radius 1 is 1.47 bits per heavy atom. The predicted octanol–water partition coefficient (Wildman–Crippen LogP) is 2.62. The maximum atomic E-state index is 13.2. The Balaban J connectivity index is 2.94. The van der Waals surface area contributed by atoms with E-state index in [4.69, 9.17) is 5.73 Å². The molecule has 0 saturated carbocycles. The lowest BCUT2D eigenvalue weighted by molar-refractivity contribution is -0.117. The number of hydrogen-bond donors (Lipinski definition) is 1. The quantitative estimate of drug-likeness (QED) is 0.906. The number of nitrogens with two attached hydrogens (primary N) is 1. The van der Waals surface area contributed by atoms with Crippen LogP contribution in [-0.2, 0) is 4.79 Å². The van der Waals surface area contributed by atoms with Gasteiger partial charge in [-0.25, -0.2) is 8.78 Å². The summed E-state index contributed by atoms with van der Waals surface area (Å²) in [5, 5.41) is 0. The number of amides is 1. The lowest BCUT2D eigenvalue weighted by Crippen LogP contribution is -2.07. The first-order valence-corrected chi connectivity index (χ1v) is 4.89. The highest BCUT2D eigenvalue weighted by Gasteiger charge is 2.06. The predicted molar refractivity (Wildman–Crippen MR) is 56.9 cm³/mol. The third-order valence-corrected chi connectivity index (χ3v) is 2.30. The van der Waals surface area contributed by atoms with E-state index in [-0.39, 0.29) is 12.0 Å². The Morgan fingerprint density at radius 3 is 2.67 bits per heavy atom. The normalized spacial score (nSPS) is 10.9. The molecule has 0 saturated heterocycles. The van der Waals surface area contributed by atoms with E-state index in [0.717, 1.165) is 12.1 Å². The molecule has 0 unspecified atom stereocenters. The fraction of sp³-hybridized carbons (Fsp3) is 0.100. The first-order chi connectivity index (χ1) is 7.00. The zero-order valence-corrected chi connectivity index (χ0v) is 9.22. The largest absolute Gasteiger partial charge is 0.369 e. The summed E-state index contributed by atoms with van der Waals surface area (Å²) in [6, 6.07) is 1.92. The van der Waals surface area contributed by atoms with Gasteiger partial charge in [0.25, 0.3) is 0 Å². The second kappa shape index (κ2) is 5.02. The van der Waals surface area contributed by atoms with Gasteiger partial charge in [0.1, 0.15) is 11.6 Å². The average molecular weight is 276 g/mol. The summed E-state index contributed by atoms with van der Waals surface area (Å²) in [6.07, 6.45) is 2.82. The SMILES string of the molecule is NC(=O)CC=Cc1c(F)cc(F)cc1Br. The number of carbonyl (C=O) groups excluding carboxylic acids is 1. The summed E-state index contributed by atoms with van der Waals surface area (Å²) in [6.45, 7) is 0. The van der Waals surface area contributed by atoms with Crippen molar-refractivity contribution in [3.8, 4) is 0 Å². The monoisotopic (exact) mass is 275 g/mol. The highest BCUT2D eigenvalue weighted by molar-refractivity contribution is 9.10. The van der Waals surface area contributed by atoms with Gasteiger partial charge in [0.2, 0.25) is 5.91 Å². The van der Waals surface area contributed by atoms with Gasteiger partial charge in [-0.2, -0.15) is 0 Å². The molecule has 0 bridgehead atoms. The molecule has 0 radical (unpaired) electrons. The average Bonchev–Trinajstić information content (AvgIpc) is 2.08. The molecule has 0 aliphatic rings. The Labute approximate surface area is 93.9 Å². The second-order valence-electron chi connectivity index (χ2n) is 2.86. The fourth-order valence-corrected chi connectivity index (χ4v) is 1.55. The number of hydrogen-bond acceptors (Lipinski definition) is 1. The van der Waals surface area contributed by atoms with Crippen molar-refractivity contribution in [2.45, 2.75) is 6.42 Å². The van der Waals surface area contributed by atoms with Gasteiger partial charge < -0.3 is 5.73 Å². The van der Waals surface area contributed by atoms with Gasteiger partial charge in [-0.15, -0.1) is 0 Å². The molecule has 1 aromatic rings. The van der Waals surface area contributed by atoms with Crippen LogP contribution in [0, 0.1) is 11.6 Å². The summed E-state index contributed by atoms with van der Waals surface area (Å²) >= 11 is 3.02. The molecule has 0 aliphatic carbocycles. The maximum absolute atomic E-state index is 13.2. The third kappa shape index (κ3) is 3.43. The van der Waals surface area contributed by atoms with E-state index in [2.05, 4.69) is 15.9 Å². The van der Waals surface area contributed by atoms with Crippen LogP contribution in [0.4, 0.5) is 8.78 Å². The first kappa shape index (κ1) is 11.8. The van der Waals surface area contributed by atoms with Crippen molar-refractivity contribution < 1.29 is 13.6 Å². The van der Waals surface area contributed by atoms with E-state index in [1.807, 2.05) is 0 Å². The van der Waals surface area contributed by atoms with E-state index in [0.29, 0.717) is 4.47 Å². The zero-order valence-electron chi connectivity index (χ0n) is 7.64. The van der Waals surface area contributed by atoms with Crippen LogP contribution in [-0.4, -0.2) is 5.91 Å². The first-order valence-electron chi connectivity index (χ1n) is 4.10. The summed E-state index contributed by atoms with van der Waals surface area (Å²) in [5.41, 5.74) is 5.09. The van der Waals surface area contributed by atoms with Crippen LogP contribution in [0.2, 0.25) is 0 Å². The summed E-state index contributed by atoms with van der Waals surface area (Å²) in [5.74, 6) is -1.86. The molecule has 1 amide bonds. The van der Waals surface area contributed by atoms with Crippen molar-refractivity contribution in [1.82, 2.24) is 0 Å². The minimum Gasteiger partial charge on any atom is -0.369 e. The summed E-state index contributed by atoms with van der Waals surface area (Å²) in [7, 11) is 0. The molecule has 0 aliphatic heterocycles. The Hall–Kier alpha value is -1.23. The van der Waals surface area contributed by atoms with E-state index >= 15 is 0 Å². The van der Waals surface area contributed by atoms with Gasteiger partial charge in [-0.1, -0.05) is 12.2 Å². The molecule has 2 N–H and O–H groups in total. The number of carbonyl (C=O) groups is 1. The third-order valence-electron chi connectivity index (χ3n) is 1.65. The van der Waals surface area contributed by atoms with E-state index in [1.54, 1.807) is 0 Å². The number of primary amides is 1. The van der Waals surface area contributed by atoms with Gasteiger partial charge in [0.15, 0.2) is 0 Å². The van der Waals surface area contributed by atoms with Crippen molar-refractivity contribution in [1.29, 1.82) is 0 Å². The molecular formula is C10H8BrF2NO. The van der Waals surface area contributed by atoms with Gasteiger partial charge in [0.05, 0.1) is 0 Å². The molecule has 0 aromatic heterocycles. The van der Waals surface area contributed by atoms with Crippen molar-refractivity contribution >= 4 is 27.9 Å². The Kier molecular flexibility index (Phi) is 3.96. The lowest BCUT2D eigenvalue weighted by Gasteiger charge is -2.00. The number of benzene rings is 1. The summed E-state index contributed by atoms with van der Waals surface area (Å²) < 4.78 is 26.2. The van der Waals surface area contributed by atoms with Crippen LogP contribution >= 0.6 is 15.9 Å². The van der Waals surface area contributed by atoms with E-state index in [1.165, 1.54) is 12.2 Å². The molecule has 0 heterocycles. The molecule has 80 valence electrons. The van der Waals surface area contributed by atoms with Crippen LogP contribution in [0.15, 0.2) is 22.7 Å². The minimum atomic E-state index is -0.692. The van der Waals surface area contributed by atoms with E-state index < -0.39 is 17.5 Å². The number of halogens is 3. The Morgan fingerprint density at radius 2 is 2.13 bits per heavy atom. The van der Waals surface area contributed by atoms with E-state index in [9.17, 15) is 13.6 Å². The maximum Gasteiger partial charge on any atom is 0.221 e. The molecule has 2 nitrogen and oxygen atoms in total. The smallest absolute Gasteiger partial charge is 0.221 e. The van der Waals surface area contributed by atoms with Crippen molar-refractivity contribution in [3.05, 3.63) is 39.9 Å². The van der Waals surface area contributed by atoms with Gasteiger partial charge in [-0.05, 0) is 22.0 Å². The van der Waals surface area contributed by atoms with Crippen LogP contribution in [0.3, 0.4) is 0 Å².